The zero-order chi connectivity index (χ0) is 12.8. The van der Waals surface area contributed by atoms with Crippen LogP contribution in [0, 0.1) is 6.92 Å². The Morgan fingerprint density at radius 3 is 2.76 bits per heavy atom. The van der Waals surface area contributed by atoms with Gasteiger partial charge in [0.15, 0.2) is 0 Å². The number of aliphatic hydroxyl groups excluding tert-OH is 1. The van der Waals surface area contributed by atoms with E-state index in [1.807, 2.05) is 13.0 Å². The maximum atomic E-state index is 11.9. The third-order valence-electron chi connectivity index (χ3n) is 2.81. The number of rotatable bonds is 6. The molecule has 0 aliphatic rings. The summed E-state index contributed by atoms with van der Waals surface area (Å²) in [6.07, 6.45) is 2.86. The topological polar surface area (TPSA) is 49.3 Å². The maximum Gasteiger partial charge on any atom is 0.261 e. The van der Waals surface area contributed by atoms with E-state index in [2.05, 4.69) is 19.2 Å². The summed E-state index contributed by atoms with van der Waals surface area (Å²) in [5.41, 5.74) is 1.26. The van der Waals surface area contributed by atoms with Gasteiger partial charge in [0.05, 0.1) is 17.5 Å². The van der Waals surface area contributed by atoms with Crippen LogP contribution in [0.25, 0.3) is 0 Å². The summed E-state index contributed by atoms with van der Waals surface area (Å²) in [6, 6.07) is 1.84. The Labute approximate surface area is 107 Å². The van der Waals surface area contributed by atoms with Gasteiger partial charge in [-0.25, -0.2) is 0 Å². The molecule has 0 saturated carbocycles. The molecule has 0 aliphatic heterocycles. The molecule has 1 heterocycles. The Kier molecular flexibility index (Phi) is 5.65. The Bertz CT molecular complexity index is 369. The van der Waals surface area contributed by atoms with E-state index in [1.54, 1.807) is 0 Å². The minimum absolute atomic E-state index is 0.00554. The monoisotopic (exact) mass is 255 g/mol. The second kappa shape index (κ2) is 6.77. The molecule has 4 heteroatoms. The second-order valence-corrected chi connectivity index (χ2v) is 5.46. The number of hydrogen-bond donors (Lipinski definition) is 2. The second-order valence-electron chi connectivity index (χ2n) is 4.20. The van der Waals surface area contributed by atoms with Gasteiger partial charge in [0.1, 0.15) is 0 Å². The molecular weight excluding hydrogens is 234 g/mol. The fourth-order valence-electron chi connectivity index (χ4n) is 1.68. The minimum Gasteiger partial charge on any atom is -0.394 e. The molecule has 0 saturated heterocycles. The first-order valence-corrected chi connectivity index (χ1v) is 6.95. The molecule has 3 nitrogen and oxygen atoms in total. The van der Waals surface area contributed by atoms with Crippen molar-refractivity contribution in [3.63, 3.8) is 0 Å². The lowest BCUT2D eigenvalue weighted by Gasteiger charge is -2.12. The molecule has 0 radical (unpaired) electrons. The first-order chi connectivity index (χ1) is 8.12. The van der Waals surface area contributed by atoms with E-state index in [1.165, 1.54) is 21.8 Å². The highest BCUT2D eigenvalue weighted by atomic mass is 32.1. The lowest BCUT2D eigenvalue weighted by molar-refractivity contribution is 0.0919. The van der Waals surface area contributed by atoms with Gasteiger partial charge >= 0.3 is 0 Å². The lowest BCUT2D eigenvalue weighted by atomic mass is 10.1. The SMILES string of the molecule is CCCc1cc(C(=O)NC(CC)CO)sc1C. The molecule has 1 atom stereocenters. The zero-order valence-corrected chi connectivity index (χ0v) is 11.6. The number of carbonyl (C=O) groups excluding carboxylic acids is 1. The van der Waals surface area contributed by atoms with Crippen molar-refractivity contribution in [1.82, 2.24) is 5.32 Å². The zero-order valence-electron chi connectivity index (χ0n) is 10.7. The predicted molar refractivity (Wildman–Crippen MR) is 71.7 cm³/mol. The van der Waals surface area contributed by atoms with Crippen molar-refractivity contribution >= 4 is 17.2 Å². The average molecular weight is 255 g/mol. The van der Waals surface area contributed by atoms with Gasteiger partial charge in [0.25, 0.3) is 5.91 Å². The number of amides is 1. The summed E-state index contributed by atoms with van der Waals surface area (Å²) in [4.78, 5) is 13.9. The van der Waals surface area contributed by atoms with Crippen LogP contribution in [0.1, 0.15) is 46.8 Å². The Morgan fingerprint density at radius 2 is 2.24 bits per heavy atom. The number of hydrogen-bond acceptors (Lipinski definition) is 3. The van der Waals surface area contributed by atoms with E-state index < -0.39 is 0 Å². The van der Waals surface area contributed by atoms with Gasteiger partial charge in [-0.2, -0.15) is 0 Å². The van der Waals surface area contributed by atoms with Crippen LogP contribution in [-0.4, -0.2) is 23.7 Å². The molecule has 0 aliphatic carbocycles. The van der Waals surface area contributed by atoms with Crippen molar-refractivity contribution in [1.29, 1.82) is 0 Å². The van der Waals surface area contributed by atoms with Crippen LogP contribution < -0.4 is 5.32 Å². The van der Waals surface area contributed by atoms with Gasteiger partial charge < -0.3 is 10.4 Å². The first-order valence-electron chi connectivity index (χ1n) is 6.13. The van der Waals surface area contributed by atoms with Gasteiger partial charge in [-0.1, -0.05) is 20.3 Å². The van der Waals surface area contributed by atoms with E-state index in [4.69, 9.17) is 5.11 Å². The summed E-state index contributed by atoms with van der Waals surface area (Å²) in [6.45, 7) is 6.13. The van der Waals surface area contributed by atoms with E-state index >= 15 is 0 Å². The third-order valence-corrected chi connectivity index (χ3v) is 3.90. The molecule has 0 bridgehead atoms. The number of carbonyl (C=O) groups is 1. The van der Waals surface area contributed by atoms with Gasteiger partial charge in [-0.15, -0.1) is 11.3 Å². The van der Waals surface area contributed by atoms with Crippen LogP contribution in [-0.2, 0) is 6.42 Å². The van der Waals surface area contributed by atoms with Crippen molar-refractivity contribution in [2.45, 2.75) is 46.1 Å². The molecule has 17 heavy (non-hydrogen) atoms. The summed E-state index contributed by atoms with van der Waals surface area (Å²) in [5, 5.41) is 11.9. The molecule has 1 aromatic rings. The van der Waals surface area contributed by atoms with Crippen molar-refractivity contribution in [2.24, 2.45) is 0 Å². The molecule has 1 unspecified atom stereocenters. The fourth-order valence-corrected chi connectivity index (χ4v) is 2.66. The molecule has 0 fully saturated rings. The minimum atomic E-state index is -0.139. The average Bonchev–Trinajstić information content (AvgIpc) is 2.68. The molecule has 1 amide bonds. The number of thiophene rings is 1. The van der Waals surface area contributed by atoms with Crippen molar-refractivity contribution < 1.29 is 9.90 Å². The van der Waals surface area contributed by atoms with Crippen LogP contribution in [0.2, 0.25) is 0 Å². The normalized spacial score (nSPS) is 12.5. The summed E-state index contributed by atoms with van der Waals surface area (Å²) in [5.74, 6) is -0.0682. The van der Waals surface area contributed by atoms with Crippen LogP contribution in [0.3, 0.4) is 0 Å². The highest BCUT2D eigenvalue weighted by Gasteiger charge is 2.14. The van der Waals surface area contributed by atoms with E-state index in [-0.39, 0.29) is 18.6 Å². The van der Waals surface area contributed by atoms with Gasteiger partial charge in [0.2, 0.25) is 0 Å². The molecule has 96 valence electrons. The Morgan fingerprint density at radius 1 is 1.53 bits per heavy atom. The Balaban J connectivity index is 2.72. The van der Waals surface area contributed by atoms with Crippen LogP contribution in [0.15, 0.2) is 6.07 Å². The van der Waals surface area contributed by atoms with Crippen LogP contribution in [0.5, 0.6) is 0 Å². The molecular formula is C13H21NO2S. The fraction of sp³-hybridized carbons (Fsp3) is 0.615. The van der Waals surface area contributed by atoms with Crippen LogP contribution in [0.4, 0.5) is 0 Å². The predicted octanol–water partition coefficient (Wildman–Crippen LogP) is 2.51. The highest BCUT2D eigenvalue weighted by molar-refractivity contribution is 7.14. The van der Waals surface area contributed by atoms with Crippen molar-refractivity contribution in [3.05, 3.63) is 21.4 Å². The van der Waals surface area contributed by atoms with Crippen molar-refractivity contribution in [2.75, 3.05) is 6.61 Å². The summed E-state index contributed by atoms with van der Waals surface area (Å²) < 4.78 is 0. The van der Waals surface area contributed by atoms with Crippen molar-refractivity contribution in [3.8, 4) is 0 Å². The highest BCUT2D eigenvalue weighted by Crippen LogP contribution is 2.22. The van der Waals surface area contributed by atoms with E-state index in [0.717, 1.165) is 24.1 Å². The molecule has 0 aromatic carbocycles. The largest absolute Gasteiger partial charge is 0.394 e. The summed E-state index contributed by atoms with van der Waals surface area (Å²) in [7, 11) is 0. The first kappa shape index (κ1) is 14.2. The van der Waals surface area contributed by atoms with Gasteiger partial charge in [-0.05, 0) is 31.4 Å². The number of aliphatic hydroxyl groups is 1. The summed E-state index contributed by atoms with van der Waals surface area (Å²) >= 11 is 1.53. The van der Waals surface area contributed by atoms with Gasteiger partial charge in [-0.3, -0.25) is 4.79 Å². The molecule has 1 aromatic heterocycles. The molecule has 2 N–H and O–H groups in total. The van der Waals surface area contributed by atoms with Crippen LogP contribution >= 0.6 is 11.3 Å². The smallest absolute Gasteiger partial charge is 0.261 e. The standard InChI is InChI=1S/C13H21NO2S/c1-4-6-10-7-12(17-9(10)3)13(16)14-11(5-2)8-15/h7,11,15H,4-6,8H2,1-3H3,(H,14,16). The quantitative estimate of drug-likeness (QED) is 0.820. The lowest BCUT2D eigenvalue weighted by Crippen LogP contribution is -2.36. The Hall–Kier alpha value is -0.870. The third kappa shape index (κ3) is 3.82. The van der Waals surface area contributed by atoms with E-state index in [0.29, 0.717) is 0 Å². The molecule has 1 rings (SSSR count). The molecule has 0 spiro atoms. The van der Waals surface area contributed by atoms with Gasteiger partial charge in [0, 0.05) is 4.88 Å². The number of aryl methyl sites for hydroxylation is 2. The number of nitrogens with one attached hydrogen (secondary N) is 1. The maximum absolute atomic E-state index is 11.9. The van der Waals surface area contributed by atoms with E-state index in [9.17, 15) is 4.79 Å².